The van der Waals surface area contributed by atoms with Crippen LogP contribution in [0.15, 0.2) is 43.2 Å². The molecule has 0 aliphatic heterocycles. The lowest BCUT2D eigenvalue weighted by Crippen LogP contribution is -2.13. The molecule has 4 aromatic rings. The third kappa shape index (κ3) is 3.97. The summed E-state index contributed by atoms with van der Waals surface area (Å²) < 4.78 is 8.33. The highest BCUT2D eigenvalue weighted by Gasteiger charge is 2.15. The smallest absolute Gasteiger partial charge is 0.327 e. The summed E-state index contributed by atoms with van der Waals surface area (Å²) in [5.74, 6) is 0.360. The lowest BCUT2D eigenvalue weighted by Gasteiger charge is -2.15. The van der Waals surface area contributed by atoms with Gasteiger partial charge < -0.3 is 10.1 Å². The molecule has 0 amide bonds. The molecular weight excluding hydrogens is 384 g/mol. The fourth-order valence-corrected chi connectivity index (χ4v) is 3.11. The maximum absolute atomic E-state index is 11.7. The van der Waals surface area contributed by atoms with E-state index in [-0.39, 0.29) is 18.6 Å². The van der Waals surface area contributed by atoms with Crippen molar-refractivity contribution in [2.75, 3.05) is 11.9 Å². The molecule has 30 heavy (non-hydrogen) atoms. The molecule has 4 heterocycles. The predicted octanol–water partition coefficient (Wildman–Crippen LogP) is 2.46. The average Bonchev–Trinajstić information content (AvgIpc) is 3.34. The maximum Gasteiger partial charge on any atom is 0.327 e. The quantitative estimate of drug-likeness (QED) is 0.466. The highest BCUT2D eigenvalue weighted by Crippen LogP contribution is 2.29. The Kier molecular flexibility index (Phi) is 5.38. The lowest BCUT2D eigenvalue weighted by atomic mass is 10.1. The molecule has 10 heteroatoms. The Balaban J connectivity index is 1.70. The molecule has 154 valence electrons. The molecule has 1 N–H and O–H groups in total. The molecule has 0 aliphatic carbocycles. The van der Waals surface area contributed by atoms with Crippen molar-refractivity contribution in [3.63, 3.8) is 0 Å². The van der Waals surface area contributed by atoms with Gasteiger partial charge in [-0.25, -0.2) is 19.6 Å². The van der Waals surface area contributed by atoms with Gasteiger partial charge in [-0.15, -0.1) is 5.10 Å². The topological polar surface area (TPSA) is 113 Å². The summed E-state index contributed by atoms with van der Waals surface area (Å²) >= 11 is 0. The fraction of sp³-hybridized carbons (Fsp3) is 0.300. The Labute approximate surface area is 172 Å². The van der Waals surface area contributed by atoms with Gasteiger partial charge in [0.05, 0.1) is 12.8 Å². The Morgan fingerprint density at radius 2 is 2.13 bits per heavy atom. The first-order valence-electron chi connectivity index (χ1n) is 9.65. The molecule has 0 spiro atoms. The highest BCUT2D eigenvalue weighted by atomic mass is 16.5. The number of carbonyl (C=O) groups excluding carboxylic acids is 1. The van der Waals surface area contributed by atoms with Crippen molar-refractivity contribution in [3.05, 3.63) is 43.2 Å². The summed E-state index contributed by atoms with van der Waals surface area (Å²) in [6.45, 7) is 6.21. The molecule has 0 aromatic carbocycles. The molecule has 0 saturated carbocycles. The predicted molar refractivity (Wildman–Crippen MR) is 111 cm³/mol. The van der Waals surface area contributed by atoms with Gasteiger partial charge in [0.15, 0.2) is 0 Å². The number of hydrogen-bond donors (Lipinski definition) is 1. The summed E-state index contributed by atoms with van der Waals surface area (Å²) in [5.41, 5.74) is 3.03. The number of nitrogens with zero attached hydrogens (tertiary/aromatic N) is 7. The molecule has 4 aromatic heterocycles. The van der Waals surface area contributed by atoms with Gasteiger partial charge in [-0.1, -0.05) is 5.21 Å². The minimum Gasteiger partial charge on any atom is -0.465 e. The van der Waals surface area contributed by atoms with Gasteiger partial charge in [0.25, 0.3) is 0 Å². The molecule has 10 nitrogen and oxygen atoms in total. The normalized spacial score (nSPS) is 11.2. The van der Waals surface area contributed by atoms with Crippen LogP contribution < -0.4 is 5.32 Å². The van der Waals surface area contributed by atoms with Gasteiger partial charge >= 0.3 is 5.97 Å². The Morgan fingerprint density at radius 1 is 1.27 bits per heavy atom. The van der Waals surface area contributed by atoms with Gasteiger partial charge in [0.2, 0.25) is 0 Å². The highest BCUT2D eigenvalue weighted by molar-refractivity contribution is 5.79. The van der Waals surface area contributed by atoms with E-state index < -0.39 is 0 Å². The van der Waals surface area contributed by atoms with E-state index >= 15 is 0 Å². The third-order valence-corrected chi connectivity index (χ3v) is 4.34. The number of anilines is 1. The van der Waals surface area contributed by atoms with E-state index in [1.54, 1.807) is 25.5 Å². The van der Waals surface area contributed by atoms with E-state index in [1.807, 2.05) is 22.9 Å². The monoisotopic (exact) mass is 406 g/mol. The minimum absolute atomic E-state index is 0.00829. The second-order valence-corrected chi connectivity index (χ2v) is 6.98. The largest absolute Gasteiger partial charge is 0.465 e. The molecule has 0 bridgehead atoms. The zero-order valence-corrected chi connectivity index (χ0v) is 17.0. The van der Waals surface area contributed by atoms with E-state index in [0.717, 1.165) is 28.1 Å². The summed E-state index contributed by atoms with van der Waals surface area (Å²) in [4.78, 5) is 24.7. The zero-order valence-electron chi connectivity index (χ0n) is 17.0. The molecule has 0 aliphatic rings. The van der Waals surface area contributed by atoms with Crippen LogP contribution in [-0.2, 0) is 16.1 Å². The van der Waals surface area contributed by atoms with Crippen LogP contribution in [0.2, 0.25) is 0 Å². The van der Waals surface area contributed by atoms with Gasteiger partial charge in [-0.05, 0) is 26.8 Å². The first kappa shape index (κ1) is 19.5. The van der Waals surface area contributed by atoms with Crippen LogP contribution in [0, 0.1) is 0 Å². The second-order valence-electron chi connectivity index (χ2n) is 6.98. The van der Waals surface area contributed by atoms with Crippen LogP contribution >= 0.6 is 0 Å². The Bertz CT molecular complexity index is 1180. The number of aromatic nitrogens is 7. The van der Waals surface area contributed by atoms with Crippen LogP contribution in [0.3, 0.4) is 0 Å². The second kappa shape index (κ2) is 8.27. The number of hydrogen-bond acceptors (Lipinski definition) is 8. The van der Waals surface area contributed by atoms with Gasteiger partial charge in [0, 0.05) is 47.3 Å². The minimum atomic E-state index is -0.357. The van der Waals surface area contributed by atoms with E-state index in [4.69, 9.17) is 4.74 Å². The SMILES string of the molecule is CCOC(=O)Cn1cc(-c2cnc(-n3ccc4cncnc43)cc2NC(C)C)nn1. The van der Waals surface area contributed by atoms with E-state index in [9.17, 15) is 4.79 Å². The first-order chi connectivity index (χ1) is 14.5. The van der Waals surface area contributed by atoms with E-state index in [2.05, 4.69) is 44.4 Å². The number of ether oxygens (including phenoxy) is 1. The van der Waals surface area contributed by atoms with Crippen LogP contribution in [0.1, 0.15) is 20.8 Å². The molecule has 4 rings (SSSR count). The van der Waals surface area contributed by atoms with Crippen molar-refractivity contribution in [2.24, 2.45) is 0 Å². The molecule has 0 unspecified atom stereocenters. The molecule has 0 fully saturated rings. The maximum atomic E-state index is 11.7. The third-order valence-electron chi connectivity index (χ3n) is 4.34. The number of esters is 1. The summed E-state index contributed by atoms with van der Waals surface area (Å²) in [5, 5.41) is 12.6. The van der Waals surface area contributed by atoms with E-state index in [0.29, 0.717) is 12.3 Å². The number of nitrogens with one attached hydrogen (secondary N) is 1. The van der Waals surface area contributed by atoms with Crippen molar-refractivity contribution >= 4 is 22.7 Å². The van der Waals surface area contributed by atoms with Crippen molar-refractivity contribution in [1.29, 1.82) is 0 Å². The van der Waals surface area contributed by atoms with E-state index in [1.165, 1.54) is 11.0 Å². The summed E-state index contributed by atoms with van der Waals surface area (Å²) in [7, 11) is 0. The first-order valence-corrected chi connectivity index (χ1v) is 9.65. The van der Waals surface area contributed by atoms with Gasteiger partial charge in [0.1, 0.15) is 30.0 Å². The average molecular weight is 406 g/mol. The fourth-order valence-electron chi connectivity index (χ4n) is 3.11. The number of fused-ring (bicyclic) bond motifs is 1. The molecule has 0 radical (unpaired) electrons. The standard InChI is InChI=1S/C20H22N8O2/c1-4-30-19(29)11-27-10-17(25-26-27)15-9-22-18(7-16(15)24-13(2)3)28-6-5-14-8-21-12-23-20(14)28/h5-10,12-13H,4,11H2,1-3H3,(H,22,24). The van der Waals surface area contributed by atoms with Crippen LogP contribution in [0.5, 0.6) is 0 Å². The number of pyridine rings is 1. The lowest BCUT2D eigenvalue weighted by molar-refractivity contribution is -0.144. The van der Waals surface area contributed by atoms with Crippen LogP contribution in [0.4, 0.5) is 5.69 Å². The summed E-state index contributed by atoms with van der Waals surface area (Å²) in [6, 6.07) is 4.08. The zero-order chi connectivity index (χ0) is 21.1. The van der Waals surface area contributed by atoms with Gasteiger partial charge in [-0.2, -0.15) is 0 Å². The van der Waals surface area contributed by atoms with Crippen molar-refractivity contribution in [1.82, 2.24) is 34.5 Å². The van der Waals surface area contributed by atoms with Crippen LogP contribution in [-0.4, -0.2) is 53.1 Å². The van der Waals surface area contributed by atoms with Crippen LogP contribution in [0.25, 0.3) is 28.1 Å². The summed E-state index contributed by atoms with van der Waals surface area (Å²) in [6.07, 6.45) is 8.64. The molecular formula is C20H22N8O2. The molecule has 0 atom stereocenters. The van der Waals surface area contributed by atoms with Crippen molar-refractivity contribution in [3.8, 4) is 17.1 Å². The van der Waals surface area contributed by atoms with Crippen molar-refractivity contribution < 1.29 is 9.53 Å². The number of carbonyl (C=O) groups is 1. The van der Waals surface area contributed by atoms with Crippen molar-refractivity contribution in [2.45, 2.75) is 33.4 Å². The van der Waals surface area contributed by atoms with Gasteiger partial charge in [-0.3, -0.25) is 9.36 Å². The Morgan fingerprint density at radius 3 is 2.93 bits per heavy atom. The Hall–Kier alpha value is -3.82. The molecule has 0 saturated heterocycles. The number of rotatable bonds is 7.